The molecule has 112 valence electrons. The van der Waals surface area contributed by atoms with Crippen molar-refractivity contribution in [1.82, 2.24) is 0 Å². The molecule has 4 nitrogen and oxygen atoms in total. The van der Waals surface area contributed by atoms with E-state index in [0.29, 0.717) is 13.2 Å². The molecule has 0 aliphatic rings. The molecule has 0 unspecified atom stereocenters. The summed E-state index contributed by atoms with van der Waals surface area (Å²) in [7, 11) is 0. The number of hydrogen-bond donors (Lipinski definition) is 0. The van der Waals surface area contributed by atoms with Crippen molar-refractivity contribution in [2.45, 2.75) is 66.2 Å². The van der Waals surface area contributed by atoms with Gasteiger partial charge in [0.15, 0.2) is 0 Å². The molecule has 0 bridgehead atoms. The molecule has 0 rings (SSSR count). The first kappa shape index (κ1) is 17.9. The van der Waals surface area contributed by atoms with Gasteiger partial charge in [-0.3, -0.25) is 9.59 Å². The van der Waals surface area contributed by atoms with Gasteiger partial charge in [0.1, 0.15) is 6.42 Å². The van der Waals surface area contributed by atoms with E-state index >= 15 is 0 Å². The Balaban J connectivity index is 3.55. The lowest BCUT2D eigenvalue weighted by atomic mass is 9.99. The molecule has 0 aromatic rings. The lowest BCUT2D eigenvalue weighted by Gasteiger charge is -2.17. The van der Waals surface area contributed by atoms with Gasteiger partial charge < -0.3 is 9.47 Å². The molecule has 19 heavy (non-hydrogen) atoms. The molecule has 0 saturated carbocycles. The second-order valence-corrected chi connectivity index (χ2v) is 6.03. The molecule has 0 radical (unpaired) electrons. The van der Waals surface area contributed by atoms with E-state index in [-0.39, 0.29) is 11.8 Å². The fourth-order valence-corrected chi connectivity index (χ4v) is 1.41. The predicted molar refractivity (Wildman–Crippen MR) is 74.7 cm³/mol. The van der Waals surface area contributed by atoms with Crippen molar-refractivity contribution >= 4 is 11.9 Å². The quantitative estimate of drug-likeness (QED) is 0.366. The standard InChI is InChI=1S/C15H28O4/c1-5-6-7-8-9-10-18-13(16)11-14(17)19-12-15(2,3)4/h5-12H2,1-4H3. The molecule has 0 saturated heterocycles. The molecule has 0 fully saturated rings. The largest absolute Gasteiger partial charge is 0.465 e. The van der Waals surface area contributed by atoms with Crippen molar-refractivity contribution < 1.29 is 19.1 Å². The van der Waals surface area contributed by atoms with E-state index in [9.17, 15) is 9.59 Å². The van der Waals surface area contributed by atoms with Gasteiger partial charge in [-0.05, 0) is 11.8 Å². The van der Waals surface area contributed by atoms with Crippen LogP contribution in [-0.4, -0.2) is 25.2 Å². The van der Waals surface area contributed by atoms with E-state index in [0.717, 1.165) is 12.8 Å². The lowest BCUT2D eigenvalue weighted by molar-refractivity contribution is -0.156. The van der Waals surface area contributed by atoms with Crippen LogP contribution in [0.5, 0.6) is 0 Å². The highest BCUT2D eigenvalue weighted by molar-refractivity contribution is 5.91. The zero-order chi connectivity index (χ0) is 14.7. The van der Waals surface area contributed by atoms with E-state index in [4.69, 9.17) is 9.47 Å². The van der Waals surface area contributed by atoms with Crippen molar-refractivity contribution in [1.29, 1.82) is 0 Å². The van der Waals surface area contributed by atoms with Crippen molar-refractivity contribution in [2.75, 3.05) is 13.2 Å². The smallest absolute Gasteiger partial charge is 0.317 e. The van der Waals surface area contributed by atoms with Crippen molar-refractivity contribution in [3.05, 3.63) is 0 Å². The van der Waals surface area contributed by atoms with Gasteiger partial charge in [0.2, 0.25) is 0 Å². The number of ether oxygens (including phenoxy) is 2. The van der Waals surface area contributed by atoms with Crippen LogP contribution in [0.2, 0.25) is 0 Å². The van der Waals surface area contributed by atoms with Crippen molar-refractivity contribution in [2.24, 2.45) is 5.41 Å². The number of carbonyl (C=O) groups excluding carboxylic acids is 2. The Hall–Kier alpha value is -1.06. The minimum Gasteiger partial charge on any atom is -0.465 e. The molecule has 0 N–H and O–H groups in total. The average molecular weight is 272 g/mol. The third kappa shape index (κ3) is 13.2. The normalized spacial score (nSPS) is 11.2. The fraction of sp³-hybridized carbons (Fsp3) is 0.867. The molecule has 0 aliphatic heterocycles. The van der Waals surface area contributed by atoms with Crippen LogP contribution in [0.1, 0.15) is 66.2 Å². The number of carbonyl (C=O) groups is 2. The molecule has 0 aromatic heterocycles. The highest BCUT2D eigenvalue weighted by Crippen LogP contribution is 2.13. The summed E-state index contributed by atoms with van der Waals surface area (Å²) in [5.74, 6) is -1.000. The van der Waals surface area contributed by atoms with Crippen LogP contribution < -0.4 is 0 Å². The van der Waals surface area contributed by atoms with Gasteiger partial charge >= 0.3 is 11.9 Å². The second-order valence-electron chi connectivity index (χ2n) is 6.03. The third-order valence-electron chi connectivity index (χ3n) is 2.47. The van der Waals surface area contributed by atoms with Crippen LogP contribution in [0, 0.1) is 5.41 Å². The Kier molecular flexibility index (Phi) is 9.27. The molecule has 0 aliphatic carbocycles. The summed E-state index contributed by atoms with van der Waals surface area (Å²) < 4.78 is 9.98. The Morgan fingerprint density at radius 2 is 1.47 bits per heavy atom. The molecular weight excluding hydrogens is 244 g/mol. The van der Waals surface area contributed by atoms with E-state index in [1.165, 1.54) is 19.3 Å². The molecular formula is C15H28O4. The van der Waals surface area contributed by atoms with Gasteiger partial charge in [0, 0.05) is 0 Å². The van der Waals surface area contributed by atoms with Gasteiger partial charge in [-0.1, -0.05) is 53.4 Å². The summed E-state index contributed by atoms with van der Waals surface area (Å²) in [6.07, 6.45) is 5.22. The van der Waals surface area contributed by atoms with Crippen LogP contribution in [0.3, 0.4) is 0 Å². The monoisotopic (exact) mass is 272 g/mol. The Morgan fingerprint density at radius 3 is 2.05 bits per heavy atom. The first-order chi connectivity index (χ1) is 8.85. The molecule has 0 aromatic carbocycles. The molecule has 0 atom stereocenters. The highest BCUT2D eigenvalue weighted by Gasteiger charge is 2.16. The summed E-state index contributed by atoms with van der Waals surface area (Å²) in [5.41, 5.74) is -0.0845. The number of rotatable bonds is 9. The van der Waals surface area contributed by atoms with Crippen LogP contribution in [0.15, 0.2) is 0 Å². The lowest BCUT2D eigenvalue weighted by Crippen LogP contribution is -2.21. The summed E-state index contributed by atoms with van der Waals surface area (Å²) in [6.45, 7) is 8.77. The maximum atomic E-state index is 11.4. The minimum atomic E-state index is -0.508. The van der Waals surface area contributed by atoms with Gasteiger partial charge in [0.05, 0.1) is 13.2 Å². The van der Waals surface area contributed by atoms with Gasteiger partial charge in [-0.15, -0.1) is 0 Å². The average Bonchev–Trinajstić information content (AvgIpc) is 2.30. The van der Waals surface area contributed by atoms with Crippen LogP contribution in [-0.2, 0) is 19.1 Å². The van der Waals surface area contributed by atoms with Gasteiger partial charge in [-0.25, -0.2) is 0 Å². The van der Waals surface area contributed by atoms with Crippen LogP contribution in [0.25, 0.3) is 0 Å². The fourth-order valence-electron chi connectivity index (χ4n) is 1.41. The number of esters is 2. The summed E-state index contributed by atoms with van der Waals surface area (Å²) >= 11 is 0. The second kappa shape index (κ2) is 9.82. The Morgan fingerprint density at radius 1 is 0.895 bits per heavy atom. The first-order valence-corrected chi connectivity index (χ1v) is 7.16. The predicted octanol–water partition coefficient (Wildman–Crippen LogP) is 3.48. The van der Waals surface area contributed by atoms with E-state index < -0.39 is 11.9 Å². The summed E-state index contributed by atoms with van der Waals surface area (Å²) in [6, 6.07) is 0. The first-order valence-electron chi connectivity index (χ1n) is 7.16. The molecule has 0 amide bonds. The topological polar surface area (TPSA) is 52.6 Å². The third-order valence-corrected chi connectivity index (χ3v) is 2.47. The van der Waals surface area contributed by atoms with E-state index in [1.807, 2.05) is 20.8 Å². The zero-order valence-corrected chi connectivity index (χ0v) is 12.8. The summed E-state index contributed by atoms with van der Waals surface area (Å²) in [5, 5.41) is 0. The maximum Gasteiger partial charge on any atom is 0.317 e. The van der Waals surface area contributed by atoms with Crippen LogP contribution >= 0.6 is 0 Å². The Labute approximate surface area is 116 Å². The van der Waals surface area contributed by atoms with Crippen molar-refractivity contribution in [3.8, 4) is 0 Å². The highest BCUT2D eigenvalue weighted by atomic mass is 16.6. The van der Waals surface area contributed by atoms with E-state index in [1.54, 1.807) is 0 Å². The number of unbranched alkanes of at least 4 members (excludes halogenated alkanes) is 4. The zero-order valence-electron chi connectivity index (χ0n) is 12.8. The molecule has 0 heterocycles. The van der Waals surface area contributed by atoms with Crippen LogP contribution in [0.4, 0.5) is 0 Å². The maximum absolute atomic E-state index is 11.4. The molecule has 4 heteroatoms. The number of hydrogen-bond acceptors (Lipinski definition) is 4. The SMILES string of the molecule is CCCCCCCOC(=O)CC(=O)OCC(C)(C)C. The van der Waals surface area contributed by atoms with Gasteiger partial charge in [-0.2, -0.15) is 0 Å². The van der Waals surface area contributed by atoms with E-state index in [2.05, 4.69) is 6.92 Å². The van der Waals surface area contributed by atoms with Crippen molar-refractivity contribution in [3.63, 3.8) is 0 Å². The summed E-state index contributed by atoms with van der Waals surface area (Å²) in [4.78, 5) is 22.7. The van der Waals surface area contributed by atoms with Gasteiger partial charge in [0.25, 0.3) is 0 Å². The minimum absolute atomic E-state index is 0.0845. The molecule has 0 spiro atoms. The Bertz CT molecular complexity index is 266.